The van der Waals surface area contributed by atoms with Gasteiger partial charge in [0, 0.05) is 36.4 Å². The van der Waals surface area contributed by atoms with E-state index in [9.17, 15) is 4.79 Å². The van der Waals surface area contributed by atoms with Gasteiger partial charge in [-0.2, -0.15) is 10.3 Å². The van der Waals surface area contributed by atoms with Gasteiger partial charge in [0.2, 0.25) is 11.7 Å². The van der Waals surface area contributed by atoms with Crippen molar-refractivity contribution in [2.45, 2.75) is 38.1 Å². The maximum absolute atomic E-state index is 11.5. The van der Waals surface area contributed by atoms with Crippen LogP contribution < -0.4 is 5.43 Å². The van der Waals surface area contributed by atoms with Crippen LogP contribution in [0.25, 0.3) is 33.5 Å². The molecular weight excluding hydrogens is 464 g/mol. The molecule has 37 heavy (non-hydrogen) atoms. The molecule has 2 N–H and O–H groups in total. The van der Waals surface area contributed by atoms with Crippen LogP contribution in [0.4, 0.5) is 0 Å². The standard InChI is InChI=1S/C28H24N8O/c37-26-14-12-23(30-31-26)18-11-13-25-24(15-18)29-28(17-9-10-17)36(25)16-19-5-1-2-6-20(19)21-7-3-4-8-22(21)27-32-34-35-33-27/h1-8,11,13,15,17H,9-10,12,14,16H2,(H,31,37)(H,32,33,34,35). The number of benzene rings is 3. The number of imidazole rings is 1. The molecule has 9 nitrogen and oxygen atoms in total. The van der Waals surface area contributed by atoms with Crippen LogP contribution in [0.5, 0.6) is 0 Å². The molecule has 182 valence electrons. The molecule has 0 atom stereocenters. The van der Waals surface area contributed by atoms with Crippen LogP contribution in [-0.2, 0) is 11.3 Å². The van der Waals surface area contributed by atoms with Crippen molar-refractivity contribution in [1.82, 2.24) is 35.6 Å². The SMILES string of the molecule is O=C1CCC(c2ccc3c(c2)nc(C2CC2)n3Cc2ccccc2-c2ccccc2-c2nn[nH]n2)=NN1. The molecule has 1 saturated carbocycles. The number of tetrazole rings is 1. The molecule has 1 amide bonds. The number of hydrazone groups is 1. The second-order valence-electron chi connectivity index (χ2n) is 9.57. The smallest absolute Gasteiger partial charge is 0.240 e. The van der Waals surface area contributed by atoms with Crippen LogP contribution in [0, 0.1) is 0 Å². The number of rotatable bonds is 6. The molecule has 2 aliphatic rings. The van der Waals surface area contributed by atoms with E-state index in [1.807, 2.05) is 18.2 Å². The summed E-state index contributed by atoms with van der Waals surface area (Å²) in [7, 11) is 0. The average Bonchev–Trinajstić information content (AvgIpc) is 3.51. The number of carbonyl (C=O) groups excluding carboxylic acids is 1. The van der Waals surface area contributed by atoms with Gasteiger partial charge < -0.3 is 4.57 Å². The van der Waals surface area contributed by atoms with Crippen LogP contribution in [0.1, 0.15) is 48.6 Å². The molecule has 3 aromatic carbocycles. The molecule has 0 radical (unpaired) electrons. The van der Waals surface area contributed by atoms with Gasteiger partial charge >= 0.3 is 0 Å². The Hall–Kier alpha value is -4.66. The molecule has 0 saturated heterocycles. The zero-order chi connectivity index (χ0) is 24.8. The van der Waals surface area contributed by atoms with E-state index in [0.29, 0.717) is 31.1 Å². The zero-order valence-corrected chi connectivity index (χ0v) is 20.1. The van der Waals surface area contributed by atoms with Crippen LogP contribution in [0.2, 0.25) is 0 Å². The number of H-pyrrole nitrogens is 1. The maximum Gasteiger partial charge on any atom is 0.240 e. The van der Waals surface area contributed by atoms with Crippen molar-refractivity contribution >= 4 is 22.7 Å². The third-order valence-corrected chi connectivity index (χ3v) is 7.11. The number of aromatic nitrogens is 6. The van der Waals surface area contributed by atoms with Gasteiger partial charge in [-0.1, -0.05) is 54.6 Å². The largest absolute Gasteiger partial charge is 0.323 e. The number of carbonyl (C=O) groups is 1. The molecule has 7 rings (SSSR count). The van der Waals surface area contributed by atoms with E-state index in [4.69, 9.17) is 4.98 Å². The first kappa shape index (κ1) is 21.6. The van der Waals surface area contributed by atoms with Gasteiger partial charge in [0.15, 0.2) is 0 Å². The fraction of sp³-hybridized carbons (Fsp3) is 0.214. The molecule has 1 fully saturated rings. The number of amides is 1. The van der Waals surface area contributed by atoms with E-state index in [0.717, 1.165) is 57.7 Å². The van der Waals surface area contributed by atoms with Gasteiger partial charge in [-0.25, -0.2) is 10.4 Å². The first-order chi connectivity index (χ1) is 18.2. The van der Waals surface area contributed by atoms with Gasteiger partial charge in [0.1, 0.15) is 5.82 Å². The molecule has 0 bridgehead atoms. The number of aromatic amines is 1. The highest BCUT2D eigenvalue weighted by molar-refractivity contribution is 6.05. The quantitative estimate of drug-likeness (QED) is 0.367. The Labute approximate surface area is 212 Å². The Morgan fingerprint density at radius 3 is 2.49 bits per heavy atom. The molecule has 5 aromatic rings. The van der Waals surface area contributed by atoms with Gasteiger partial charge in [0.25, 0.3) is 0 Å². The predicted octanol–water partition coefficient (Wildman–Crippen LogP) is 4.42. The molecule has 0 spiro atoms. The first-order valence-electron chi connectivity index (χ1n) is 12.5. The summed E-state index contributed by atoms with van der Waals surface area (Å²) in [4.78, 5) is 16.6. The highest BCUT2D eigenvalue weighted by Gasteiger charge is 2.30. The second-order valence-corrected chi connectivity index (χ2v) is 9.57. The first-order valence-corrected chi connectivity index (χ1v) is 12.5. The summed E-state index contributed by atoms with van der Waals surface area (Å²) in [5, 5.41) is 19.0. The predicted molar refractivity (Wildman–Crippen MR) is 140 cm³/mol. The third-order valence-electron chi connectivity index (χ3n) is 7.11. The van der Waals surface area contributed by atoms with Crippen molar-refractivity contribution in [3.63, 3.8) is 0 Å². The summed E-state index contributed by atoms with van der Waals surface area (Å²) in [6.45, 7) is 0.704. The fourth-order valence-corrected chi connectivity index (χ4v) is 5.11. The highest BCUT2D eigenvalue weighted by atomic mass is 16.2. The Morgan fingerprint density at radius 1 is 0.919 bits per heavy atom. The number of hydrogen-bond donors (Lipinski definition) is 2. The minimum atomic E-state index is -0.0373. The van der Waals surface area contributed by atoms with E-state index in [-0.39, 0.29) is 5.91 Å². The Morgan fingerprint density at radius 2 is 1.73 bits per heavy atom. The monoisotopic (exact) mass is 488 g/mol. The van der Waals surface area contributed by atoms with Crippen molar-refractivity contribution in [3.8, 4) is 22.5 Å². The van der Waals surface area contributed by atoms with E-state index >= 15 is 0 Å². The van der Waals surface area contributed by atoms with Crippen molar-refractivity contribution in [1.29, 1.82) is 0 Å². The fourth-order valence-electron chi connectivity index (χ4n) is 5.11. The van der Waals surface area contributed by atoms with Crippen LogP contribution >= 0.6 is 0 Å². The van der Waals surface area contributed by atoms with Crippen molar-refractivity contribution in [2.75, 3.05) is 0 Å². The molecular formula is C28H24N8O. The topological polar surface area (TPSA) is 114 Å². The van der Waals surface area contributed by atoms with Gasteiger partial charge in [0.05, 0.1) is 16.7 Å². The van der Waals surface area contributed by atoms with Crippen LogP contribution in [0.3, 0.4) is 0 Å². The summed E-state index contributed by atoms with van der Waals surface area (Å²) in [6, 6.07) is 23.0. The highest BCUT2D eigenvalue weighted by Crippen LogP contribution is 2.41. The average molecular weight is 489 g/mol. The number of fused-ring (bicyclic) bond motifs is 1. The maximum atomic E-state index is 11.5. The van der Waals surface area contributed by atoms with Crippen molar-refractivity contribution < 1.29 is 4.79 Å². The molecule has 0 unspecified atom stereocenters. The number of nitrogens with one attached hydrogen (secondary N) is 2. The molecule has 3 heterocycles. The van der Waals surface area contributed by atoms with E-state index in [1.165, 1.54) is 5.56 Å². The minimum absolute atomic E-state index is 0.0373. The van der Waals surface area contributed by atoms with Crippen molar-refractivity contribution in [3.05, 3.63) is 83.7 Å². The van der Waals surface area contributed by atoms with E-state index in [2.05, 4.69) is 84.2 Å². The minimum Gasteiger partial charge on any atom is -0.323 e. The zero-order valence-electron chi connectivity index (χ0n) is 20.1. The van der Waals surface area contributed by atoms with Gasteiger partial charge in [-0.15, -0.1) is 10.2 Å². The number of hydrogen-bond acceptors (Lipinski definition) is 6. The van der Waals surface area contributed by atoms with Gasteiger partial charge in [-0.3, -0.25) is 4.79 Å². The van der Waals surface area contributed by atoms with E-state index < -0.39 is 0 Å². The summed E-state index contributed by atoms with van der Waals surface area (Å²) in [6.07, 6.45) is 3.43. The normalized spacial score (nSPS) is 15.6. The lowest BCUT2D eigenvalue weighted by molar-refractivity contribution is -0.121. The summed E-state index contributed by atoms with van der Waals surface area (Å²) < 4.78 is 2.36. The van der Waals surface area contributed by atoms with E-state index in [1.54, 1.807) is 0 Å². The third kappa shape index (κ3) is 3.98. The van der Waals surface area contributed by atoms with Crippen molar-refractivity contribution in [2.24, 2.45) is 5.10 Å². The molecule has 9 heteroatoms. The molecule has 1 aliphatic carbocycles. The van der Waals surface area contributed by atoms with Gasteiger partial charge in [-0.05, 0) is 46.9 Å². The molecule has 2 aromatic heterocycles. The summed E-state index contributed by atoms with van der Waals surface area (Å²) in [5.41, 5.74) is 10.9. The van der Waals surface area contributed by atoms with Crippen LogP contribution in [0.15, 0.2) is 71.8 Å². The Balaban J connectivity index is 1.31. The summed E-state index contributed by atoms with van der Waals surface area (Å²) in [5.74, 6) is 2.16. The Kier molecular flexibility index (Phi) is 5.12. The lowest BCUT2D eigenvalue weighted by atomic mass is 9.95. The summed E-state index contributed by atoms with van der Waals surface area (Å²) >= 11 is 0. The second kappa shape index (κ2) is 8.77. The number of nitrogens with zero attached hydrogens (tertiary/aromatic N) is 6. The Bertz CT molecular complexity index is 1660. The van der Waals surface area contributed by atoms with Crippen LogP contribution in [-0.4, -0.2) is 41.8 Å². The lowest BCUT2D eigenvalue weighted by Crippen LogP contribution is -2.25. The molecule has 1 aliphatic heterocycles. The lowest BCUT2D eigenvalue weighted by Gasteiger charge is -2.15.